The zero-order valence-electron chi connectivity index (χ0n) is 14.1. The molecular formula is C22H19N3. The lowest BCUT2D eigenvalue weighted by Crippen LogP contribution is -2.04. The Morgan fingerprint density at radius 2 is 1.44 bits per heavy atom. The Morgan fingerprint density at radius 1 is 0.760 bits per heavy atom. The van der Waals surface area contributed by atoms with E-state index in [1.54, 1.807) is 0 Å². The van der Waals surface area contributed by atoms with Crippen LogP contribution in [0.1, 0.15) is 23.2 Å². The highest BCUT2D eigenvalue weighted by atomic mass is 15.2. The molecule has 0 amide bonds. The van der Waals surface area contributed by atoms with Crippen molar-refractivity contribution in [2.24, 2.45) is 17.3 Å². The monoisotopic (exact) mass is 325 g/mol. The van der Waals surface area contributed by atoms with Gasteiger partial charge in [0.1, 0.15) is 0 Å². The fraction of sp³-hybridized carbons (Fsp3) is 0.0909. The van der Waals surface area contributed by atoms with Crippen LogP contribution in [0.25, 0.3) is 5.57 Å². The zero-order chi connectivity index (χ0) is 17.1. The molecule has 0 spiro atoms. The van der Waals surface area contributed by atoms with Crippen molar-refractivity contribution in [3.05, 3.63) is 102 Å². The molecule has 0 aliphatic carbocycles. The van der Waals surface area contributed by atoms with Gasteiger partial charge in [0.2, 0.25) is 0 Å². The predicted molar refractivity (Wildman–Crippen MR) is 104 cm³/mol. The molecule has 2 heterocycles. The molecule has 0 N–H and O–H groups in total. The maximum atomic E-state index is 4.58. The number of allylic oxidation sites excluding steroid dienone is 2. The largest absolute Gasteiger partial charge is 0.351 e. The maximum absolute atomic E-state index is 4.58. The van der Waals surface area contributed by atoms with E-state index in [0.717, 1.165) is 29.0 Å². The van der Waals surface area contributed by atoms with Crippen LogP contribution >= 0.6 is 0 Å². The quantitative estimate of drug-likeness (QED) is 0.668. The third kappa shape index (κ3) is 3.22. The molecule has 4 rings (SSSR count). The average Bonchev–Trinajstić information content (AvgIpc) is 2.97. The van der Waals surface area contributed by atoms with Crippen molar-refractivity contribution >= 4 is 17.0 Å². The Bertz CT molecular complexity index is 961. The van der Waals surface area contributed by atoms with E-state index in [1.807, 2.05) is 36.4 Å². The van der Waals surface area contributed by atoms with Crippen molar-refractivity contribution in [3.63, 3.8) is 0 Å². The molecule has 3 heteroatoms. The summed E-state index contributed by atoms with van der Waals surface area (Å²) in [6.45, 7) is 0. The van der Waals surface area contributed by atoms with Gasteiger partial charge >= 0.3 is 0 Å². The van der Waals surface area contributed by atoms with E-state index in [9.17, 15) is 0 Å². The van der Waals surface area contributed by atoms with Crippen molar-refractivity contribution in [3.8, 4) is 0 Å². The van der Waals surface area contributed by atoms with Crippen LogP contribution in [-0.4, -0.2) is 16.0 Å². The van der Waals surface area contributed by atoms with Gasteiger partial charge in [-0.25, -0.2) is 0 Å². The summed E-state index contributed by atoms with van der Waals surface area (Å²) in [5, 5.41) is 9.14. The molecule has 0 saturated carbocycles. The predicted octanol–water partition coefficient (Wildman–Crippen LogP) is 4.71. The van der Waals surface area contributed by atoms with Gasteiger partial charge in [-0.3, -0.25) is 0 Å². The van der Waals surface area contributed by atoms with Gasteiger partial charge in [0.15, 0.2) is 0 Å². The van der Waals surface area contributed by atoms with E-state index in [0.29, 0.717) is 0 Å². The number of benzene rings is 2. The first-order valence-corrected chi connectivity index (χ1v) is 8.39. The van der Waals surface area contributed by atoms with E-state index in [1.165, 1.54) is 11.3 Å². The van der Waals surface area contributed by atoms with E-state index in [4.69, 9.17) is 0 Å². The highest BCUT2D eigenvalue weighted by Crippen LogP contribution is 2.25. The summed E-state index contributed by atoms with van der Waals surface area (Å²) in [6, 6.07) is 24.7. The van der Waals surface area contributed by atoms with Crippen molar-refractivity contribution in [1.29, 1.82) is 0 Å². The minimum Gasteiger partial charge on any atom is -0.351 e. The number of hydrogen-bond donors (Lipinski definition) is 0. The highest BCUT2D eigenvalue weighted by molar-refractivity contribution is 6.16. The molecule has 122 valence electrons. The summed E-state index contributed by atoms with van der Waals surface area (Å²) in [7, 11) is 2.07. The molecule has 0 unspecified atom stereocenters. The second kappa shape index (κ2) is 6.73. The third-order valence-electron chi connectivity index (χ3n) is 4.40. The molecule has 3 aromatic rings. The van der Waals surface area contributed by atoms with Crippen molar-refractivity contribution in [2.45, 2.75) is 6.42 Å². The fourth-order valence-electron chi connectivity index (χ4n) is 3.07. The molecule has 0 bridgehead atoms. The van der Waals surface area contributed by atoms with Crippen molar-refractivity contribution < 1.29 is 0 Å². The minimum atomic E-state index is 0.752. The van der Waals surface area contributed by atoms with E-state index in [-0.39, 0.29) is 0 Å². The van der Waals surface area contributed by atoms with Gasteiger partial charge in [0.05, 0.1) is 11.4 Å². The molecule has 3 nitrogen and oxygen atoms in total. The summed E-state index contributed by atoms with van der Waals surface area (Å²) < 4.78 is 2.14. The van der Waals surface area contributed by atoms with Gasteiger partial charge in [-0.1, -0.05) is 60.7 Å². The maximum Gasteiger partial charge on any atom is 0.0932 e. The number of aromatic nitrogens is 1. The Labute approximate surface area is 147 Å². The van der Waals surface area contributed by atoms with Crippen LogP contribution < -0.4 is 0 Å². The summed E-state index contributed by atoms with van der Waals surface area (Å²) in [5.41, 5.74) is 6.47. The molecule has 1 aliphatic heterocycles. The number of nitrogens with zero attached hydrogens (tertiary/aromatic N) is 3. The molecule has 1 aromatic heterocycles. The number of aryl methyl sites for hydroxylation is 1. The lowest BCUT2D eigenvalue weighted by Gasteiger charge is -2.10. The Balaban J connectivity index is 1.84. The van der Waals surface area contributed by atoms with E-state index < -0.39 is 0 Å². The average molecular weight is 325 g/mol. The van der Waals surface area contributed by atoms with Crippen LogP contribution in [0, 0.1) is 0 Å². The minimum absolute atomic E-state index is 0.752. The Morgan fingerprint density at radius 3 is 2.08 bits per heavy atom. The van der Waals surface area contributed by atoms with Crippen molar-refractivity contribution in [2.75, 3.05) is 0 Å². The standard InChI is InChI=1S/C22H19N3/c1-25-14-8-13-22(25)19-15-20(17-9-4-2-5-10-17)23-24-21(16-19)18-11-6-3-7-12-18/h2-15H,16H2,1H3. The Hall–Kier alpha value is -3.20. The van der Waals surface area contributed by atoms with E-state index in [2.05, 4.69) is 70.5 Å². The van der Waals surface area contributed by atoms with Gasteiger partial charge in [-0.05, 0) is 29.3 Å². The van der Waals surface area contributed by atoms with Crippen LogP contribution in [0.3, 0.4) is 0 Å². The summed E-state index contributed by atoms with van der Waals surface area (Å²) in [5.74, 6) is 0. The molecule has 0 fully saturated rings. The van der Waals surface area contributed by atoms with Crippen LogP contribution in [-0.2, 0) is 7.05 Å². The molecular weight excluding hydrogens is 306 g/mol. The molecule has 0 saturated heterocycles. The zero-order valence-corrected chi connectivity index (χ0v) is 14.1. The first kappa shape index (κ1) is 15.3. The first-order valence-electron chi connectivity index (χ1n) is 8.39. The van der Waals surface area contributed by atoms with Crippen LogP contribution in [0.15, 0.2) is 95.3 Å². The topological polar surface area (TPSA) is 29.6 Å². The van der Waals surface area contributed by atoms with Crippen LogP contribution in [0.4, 0.5) is 0 Å². The summed E-state index contributed by atoms with van der Waals surface area (Å²) >= 11 is 0. The van der Waals surface area contributed by atoms with Gasteiger partial charge in [0, 0.05) is 30.9 Å². The SMILES string of the molecule is Cn1cccc1C1=CC(c2ccccc2)=NN=C(c2ccccc2)C1. The molecule has 0 atom stereocenters. The van der Waals surface area contributed by atoms with Gasteiger partial charge in [-0.2, -0.15) is 10.2 Å². The normalized spacial score (nSPS) is 14.4. The molecule has 25 heavy (non-hydrogen) atoms. The number of hydrogen-bond acceptors (Lipinski definition) is 2. The molecule has 2 aromatic carbocycles. The molecule has 0 radical (unpaired) electrons. The molecule has 1 aliphatic rings. The lowest BCUT2D eigenvalue weighted by atomic mass is 9.98. The van der Waals surface area contributed by atoms with Gasteiger partial charge in [-0.15, -0.1) is 0 Å². The van der Waals surface area contributed by atoms with Gasteiger partial charge in [0.25, 0.3) is 0 Å². The summed E-state index contributed by atoms with van der Waals surface area (Å²) in [4.78, 5) is 0. The smallest absolute Gasteiger partial charge is 0.0932 e. The summed E-state index contributed by atoms with van der Waals surface area (Å²) in [6.07, 6.45) is 4.98. The Kier molecular flexibility index (Phi) is 4.13. The van der Waals surface area contributed by atoms with E-state index >= 15 is 0 Å². The number of rotatable bonds is 3. The van der Waals surface area contributed by atoms with Crippen LogP contribution in [0.5, 0.6) is 0 Å². The first-order chi connectivity index (χ1) is 12.3. The lowest BCUT2D eigenvalue weighted by molar-refractivity contribution is 0.906. The van der Waals surface area contributed by atoms with Crippen LogP contribution in [0.2, 0.25) is 0 Å². The third-order valence-corrected chi connectivity index (χ3v) is 4.40. The fourth-order valence-corrected chi connectivity index (χ4v) is 3.07. The second-order valence-electron chi connectivity index (χ2n) is 6.11. The van der Waals surface area contributed by atoms with Gasteiger partial charge < -0.3 is 4.57 Å². The highest BCUT2D eigenvalue weighted by Gasteiger charge is 2.16. The van der Waals surface area contributed by atoms with Crippen molar-refractivity contribution in [1.82, 2.24) is 4.57 Å². The second-order valence-corrected chi connectivity index (χ2v) is 6.11.